The Morgan fingerprint density at radius 3 is 2.68 bits per heavy atom. The van der Waals surface area contributed by atoms with Gasteiger partial charge in [-0.2, -0.15) is 0 Å². The summed E-state index contributed by atoms with van der Waals surface area (Å²) in [6, 6.07) is 11.1. The highest BCUT2D eigenvalue weighted by Gasteiger charge is 2.22. The molecule has 3 rings (SSSR count). The van der Waals surface area contributed by atoms with Gasteiger partial charge in [0.2, 0.25) is 5.91 Å². The van der Waals surface area contributed by atoms with E-state index < -0.39 is 0 Å². The first-order valence-corrected chi connectivity index (χ1v) is 8.39. The number of carbonyl (C=O) groups is 2. The monoisotopic (exact) mass is 335 g/mol. The molecular formula is C20H21N3O2. The number of Topliss-reactive ketones (excluding diaryl/α,β-unsaturated/α-hetero) is 1. The van der Waals surface area contributed by atoms with Gasteiger partial charge in [0.25, 0.3) is 0 Å². The molecule has 2 heterocycles. The molecule has 0 spiro atoms. The van der Waals surface area contributed by atoms with E-state index in [1.807, 2.05) is 47.9 Å². The van der Waals surface area contributed by atoms with Crippen molar-refractivity contribution >= 4 is 22.6 Å². The molecule has 1 aromatic carbocycles. The van der Waals surface area contributed by atoms with Crippen molar-refractivity contribution in [2.24, 2.45) is 0 Å². The second-order valence-corrected chi connectivity index (χ2v) is 6.03. The summed E-state index contributed by atoms with van der Waals surface area (Å²) in [6.45, 7) is 3.95. The summed E-state index contributed by atoms with van der Waals surface area (Å²) in [5.74, 6) is -0.0669. The van der Waals surface area contributed by atoms with Crippen molar-refractivity contribution in [1.82, 2.24) is 14.9 Å². The maximum Gasteiger partial charge on any atom is 0.243 e. The van der Waals surface area contributed by atoms with Gasteiger partial charge in [-0.25, -0.2) is 0 Å². The summed E-state index contributed by atoms with van der Waals surface area (Å²) in [5.41, 5.74) is 2.50. The molecule has 5 heteroatoms. The number of amides is 1. The van der Waals surface area contributed by atoms with Crippen LogP contribution in [-0.2, 0) is 11.3 Å². The van der Waals surface area contributed by atoms with E-state index in [0.29, 0.717) is 18.5 Å². The molecule has 0 saturated heterocycles. The minimum absolute atomic E-state index is 0.000529. The van der Waals surface area contributed by atoms with Gasteiger partial charge in [-0.3, -0.25) is 14.6 Å². The molecule has 1 N–H and O–H groups in total. The second kappa shape index (κ2) is 7.30. The van der Waals surface area contributed by atoms with Crippen LogP contribution in [0.3, 0.4) is 0 Å². The third kappa shape index (κ3) is 3.45. The summed E-state index contributed by atoms with van der Waals surface area (Å²) in [6.07, 6.45) is 5.87. The van der Waals surface area contributed by atoms with E-state index in [4.69, 9.17) is 0 Å². The van der Waals surface area contributed by atoms with E-state index in [1.165, 1.54) is 0 Å². The number of hydrogen-bond acceptors (Lipinski definition) is 3. The molecule has 0 aliphatic heterocycles. The Labute approximate surface area is 146 Å². The maximum absolute atomic E-state index is 12.7. The van der Waals surface area contributed by atoms with E-state index in [1.54, 1.807) is 25.5 Å². The Hall–Kier alpha value is -2.95. The van der Waals surface area contributed by atoms with Crippen molar-refractivity contribution in [1.29, 1.82) is 0 Å². The van der Waals surface area contributed by atoms with Gasteiger partial charge in [0.15, 0.2) is 5.78 Å². The summed E-state index contributed by atoms with van der Waals surface area (Å²) in [4.78, 5) is 28.7. The topological polar surface area (TPSA) is 64.0 Å². The number of hydrogen-bond donors (Lipinski definition) is 1. The van der Waals surface area contributed by atoms with Crippen molar-refractivity contribution < 1.29 is 9.59 Å². The number of carbonyl (C=O) groups excluding carboxylic acids is 2. The molecule has 0 radical (unpaired) electrons. The van der Waals surface area contributed by atoms with Gasteiger partial charge >= 0.3 is 0 Å². The van der Waals surface area contributed by atoms with Crippen LogP contribution in [-0.4, -0.2) is 21.2 Å². The molecule has 1 atom stereocenters. The summed E-state index contributed by atoms with van der Waals surface area (Å²) in [5, 5.41) is 3.85. The van der Waals surface area contributed by atoms with Crippen molar-refractivity contribution in [3.8, 4) is 0 Å². The third-order valence-corrected chi connectivity index (χ3v) is 4.33. The van der Waals surface area contributed by atoms with E-state index in [-0.39, 0.29) is 17.7 Å². The molecule has 1 unspecified atom stereocenters. The highest BCUT2D eigenvalue weighted by molar-refractivity contribution is 6.07. The fourth-order valence-corrected chi connectivity index (χ4v) is 3.06. The van der Waals surface area contributed by atoms with Gasteiger partial charge in [-0.05, 0) is 31.0 Å². The number of fused-ring (bicyclic) bond motifs is 1. The first kappa shape index (κ1) is 16.9. The van der Waals surface area contributed by atoms with Gasteiger partial charge in [-0.1, -0.05) is 31.2 Å². The van der Waals surface area contributed by atoms with E-state index in [2.05, 4.69) is 10.3 Å². The molecule has 0 fully saturated rings. The number of ketones is 1. The third-order valence-electron chi connectivity index (χ3n) is 4.33. The first-order valence-electron chi connectivity index (χ1n) is 8.39. The van der Waals surface area contributed by atoms with Crippen molar-refractivity contribution in [3.05, 3.63) is 66.1 Å². The number of aromatic nitrogens is 2. The standard InChI is InChI=1S/C20H21N3O2/c1-3-18(20(25)22-12-15-7-6-10-21-11-15)23-13-17(14(2)24)16-8-4-5-9-19(16)23/h4-11,13,18H,3,12H2,1-2H3,(H,22,25). The minimum atomic E-state index is -0.366. The highest BCUT2D eigenvalue weighted by Crippen LogP contribution is 2.26. The number of nitrogens with zero attached hydrogens (tertiary/aromatic N) is 2. The van der Waals surface area contributed by atoms with Crippen LogP contribution < -0.4 is 5.32 Å². The zero-order valence-electron chi connectivity index (χ0n) is 14.4. The summed E-state index contributed by atoms with van der Waals surface area (Å²) < 4.78 is 1.91. The molecule has 0 bridgehead atoms. The van der Waals surface area contributed by atoms with Crippen LogP contribution in [0.5, 0.6) is 0 Å². The average molecular weight is 335 g/mol. The Morgan fingerprint density at radius 1 is 1.20 bits per heavy atom. The number of rotatable bonds is 6. The predicted octanol–water partition coefficient (Wildman–Crippen LogP) is 3.51. The lowest BCUT2D eigenvalue weighted by molar-refractivity contribution is -0.124. The molecular weight excluding hydrogens is 314 g/mol. The molecule has 128 valence electrons. The molecule has 1 amide bonds. The fourth-order valence-electron chi connectivity index (χ4n) is 3.06. The van der Waals surface area contributed by atoms with Gasteiger partial charge in [0.1, 0.15) is 6.04 Å². The lowest BCUT2D eigenvalue weighted by Gasteiger charge is -2.18. The van der Waals surface area contributed by atoms with Crippen molar-refractivity contribution in [2.45, 2.75) is 32.9 Å². The van der Waals surface area contributed by atoms with E-state index in [9.17, 15) is 9.59 Å². The smallest absolute Gasteiger partial charge is 0.243 e. The van der Waals surface area contributed by atoms with Crippen molar-refractivity contribution in [2.75, 3.05) is 0 Å². The van der Waals surface area contributed by atoms with Crippen LogP contribution in [0.15, 0.2) is 55.0 Å². The molecule has 5 nitrogen and oxygen atoms in total. The first-order chi connectivity index (χ1) is 12.1. The lowest BCUT2D eigenvalue weighted by atomic mass is 10.1. The summed E-state index contributed by atoms with van der Waals surface area (Å²) >= 11 is 0. The zero-order valence-corrected chi connectivity index (χ0v) is 14.4. The normalized spacial score (nSPS) is 12.1. The number of benzene rings is 1. The van der Waals surface area contributed by atoms with Crippen LogP contribution >= 0.6 is 0 Å². The Kier molecular flexibility index (Phi) is 4.93. The van der Waals surface area contributed by atoms with Crippen LogP contribution in [0.1, 0.15) is 42.2 Å². The minimum Gasteiger partial charge on any atom is -0.350 e. The SMILES string of the molecule is CCC(C(=O)NCc1cccnc1)n1cc(C(C)=O)c2ccccc21. The number of para-hydroxylation sites is 1. The van der Waals surface area contributed by atoms with Crippen LogP contribution in [0, 0.1) is 0 Å². The Morgan fingerprint density at radius 2 is 2.00 bits per heavy atom. The summed E-state index contributed by atoms with van der Waals surface area (Å²) in [7, 11) is 0. The average Bonchev–Trinajstić information content (AvgIpc) is 3.01. The zero-order chi connectivity index (χ0) is 17.8. The molecule has 0 aliphatic rings. The number of pyridine rings is 1. The Bertz CT molecular complexity index is 900. The van der Waals surface area contributed by atoms with Crippen LogP contribution in [0.2, 0.25) is 0 Å². The van der Waals surface area contributed by atoms with E-state index >= 15 is 0 Å². The molecule has 25 heavy (non-hydrogen) atoms. The second-order valence-electron chi connectivity index (χ2n) is 6.03. The largest absolute Gasteiger partial charge is 0.350 e. The van der Waals surface area contributed by atoms with Crippen LogP contribution in [0.25, 0.3) is 10.9 Å². The van der Waals surface area contributed by atoms with Gasteiger partial charge in [0.05, 0.1) is 0 Å². The molecule has 2 aromatic heterocycles. The van der Waals surface area contributed by atoms with Gasteiger partial charge in [0, 0.05) is 41.6 Å². The van der Waals surface area contributed by atoms with Gasteiger partial charge < -0.3 is 9.88 Å². The number of nitrogens with one attached hydrogen (secondary N) is 1. The Balaban J connectivity index is 1.89. The lowest BCUT2D eigenvalue weighted by Crippen LogP contribution is -2.31. The quantitative estimate of drug-likeness (QED) is 0.701. The maximum atomic E-state index is 12.7. The molecule has 0 saturated carbocycles. The highest BCUT2D eigenvalue weighted by atomic mass is 16.2. The van der Waals surface area contributed by atoms with Gasteiger partial charge in [-0.15, -0.1) is 0 Å². The fraction of sp³-hybridized carbons (Fsp3) is 0.250. The van der Waals surface area contributed by atoms with Crippen LogP contribution in [0.4, 0.5) is 0 Å². The predicted molar refractivity (Wildman–Crippen MR) is 97.4 cm³/mol. The molecule has 3 aromatic rings. The van der Waals surface area contributed by atoms with Crippen molar-refractivity contribution in [3.63, 3.8) is 0 Å². The molecule has 0 aliphatic carbocycles. The van der Waals surface area contributed by atoms with E-state index in [0.717, 1.165) is 16.5 Å².